The van der Waals surface area contributed by atoms with Crippen LogP contribution in [0.2, 0.25) is 0 Å². The maximum atomic E-state index is 12.7. The van der Waals surface area contributed by atoms with E-state index in [1.165, 1.54) is 0 Å². The zero-order valence-electron chi connectivity index (χ0n) is 14.9. The molecule has 2 aromatic carbocycles. The second-order valence-electron chi connectivity index (χ2n) is 6.72. The normalized spacial score (nSPS) is 19.0. The Morgan fingerprint density at radius 2 is 1.80 bits per heavy atom. The van der Waals surface area contributed by atoms with Crippen molar-refractivity contribution in [3.05, 3.63) is 59.7 Å². The second-order valence-corrected chi connectivity index (χ2v) is 6.72. The number of nitrogens with zero attached hydrogens (tertiary/aromatic N) is 1. The molecule has 0 radical (unpaired) electrons. The Balaban J connectivity index is 1.67. The molecule has 1 amide bonds. The first-order valence-electron chi connectivity index (χ1n) is 8.52. The van der Waals surface area contributed by atoms with Crippen LogP contribution >= 0.6 is 0 Å². The van der Waals surface area contributed by atoms with E-state index in [0.29, 0.717) is 24.8 Å². The molecule has 0 aromatic heterocycles. The van der Waals surface area contributed by atoms with Gasteiger partial charge in [0.15, 0.2) is 5.78 Å². The van der Waals surface area contributed by atoms with Crippen molar-refractivity contribution in [1.82, 2.24) is 0 Å². The van der Waals surface area contributed by atoms with Gasteiger partial charge in [0.25, 0.3) is 0 Å². The summed E-state index contributed by atoms with van der Waals surface area (Å²) in [6, 6.07) is 15.1. The van der Waals surface area contributed by atoms with E-state index in [4.69, 9.17) is 4.74 Å². The molecule has 0 N–H and O–H groups in total. The number of amides is 1. The van der Waals surface area contributed by atoms with Crippen molar-refractivity contribution in [2.45, 2.75) is 31.6 Å². The SMILES string of the molecule is COc1ccc(C(=O)CCCC2(C)C(=O)N(C)c3ccccc32)cc1. The summed E-state index contributed by atoms with van der Waals surface area (Å²) in [6.07, 6.45) is 1.77. The van der Waals surface area contributed by atoms with Crippen molar-refractivity contribution in [1.29, 1.82) is 0 Å². The van der Waals surface area contributed by atoms with E-state index >= 15 is 0 Å². The van der Waals surface area contributed by atoms with E-state index in [0.717, 1.165) is 17.0 Å². The smallest absolute Gasteiger partial charge is 0.237 e. The lowest BCUT2D eigenvalue weighted by Crippen LogP contribution is -2.36. The molecule has 1 unspecified atom stereocenters. The average molecular weight is 337 g/mol. The third kappa shape index (κ3) is 3.04. The zero-order chi connectivity index (χ0) is 18.0. The van der Waals surface area contributed by atoms with Crippen LogP contribution < -0.4 is 9.64 Å². The highest BCUT2D eigenvalue weighted by molar-refractivity contribution is 6.07. The summed E-state index contributed by atoms with van der Waals surface area (Å²) in [5.41, 5.74) is 2.16. The standard InChI is InChI=1S/C21H23NO3/c1-21(17-7-4-5-8-18(17)22(2)20(21)24)14-6-9-19(23)15-10-12-16(25-3)13-11-15/h4-5,7-8,10-13H,6,9,14H2,1-3H3. The number of likely N-dealkylation sites (N-methyl/N-ethyl adjacent to an activating group) is 1. The maximum absolute atomic E-state index is 12.7. The molecule has 25 heavy (non-hydrogen) atoms. The number of para-hydroxylation sites is 1. The van der Waals surface area contributed by atoms with Gasteiger partial charge < -0.3 is 9.64 Å². The molecule has 0 bridgehead atoms. The topological polar surface area (TPSA) is 46.6 Å². The molecule has 1 heterocycles. The van der Waals surface area contributed by atoms with E-state index in [2.05, 4.69) is 0 Å². The Kier molecular flexibility index (Phi) is 4.62. The zero-order valence-corrected chi connectivity index (χ0v) is 14.9. The highest BCUT2D eigenvalue weighted by atomic mass is 16.5. The van der Waals surface area contributed by atoms with Gasteiger partial charge in [0.05, 0.1) is 12.5 Å². The van der Waals surface area contributed by atoms with Crippen LogP contribution in [0.5, 0.6) is 5.75 Å². The number of carbonyl (C=O) groups excluding carboxylic acids is 2. The van der Waals surface area contributed by atoms with Gasteiger partial charge in [-0.25, -0.2) is 0 Å². The number of hydrogen-bond donors (Lipinski definition) is 0. The van der Waals surface area contributed by atoms with Crippen molar-refractivity contribution < 1.29 is 14.3 Å². The lowest BCUT2D eigenvalue weighted by molar-refractivity contribution is -0.122. The molecule has 0 aliphatic carbocycles. The van der Waals surface area contributed by atoms with Crippen molar-refractivity contribution in [2.24, 2.45) is 0 Å². The molecule has 1 atom stereocenters. The summed E-state index contributed by atoms with van der Waals surface area (Å²) in [5, 5.41) is 0. The van der Waals surface area contributed by atoms with Gasteiger partial charge in [-0.05, 0) is 55.7 Å². The highest BCUT2D eigenvalue weighted by Crippen LogP contribution is 2.43. The van der Waals surface area contributed by atoms with Gasteiger partial charge in [0, 0.05) is 24.7 Å². The van der Waals surface area contributed by atoms with Crippen LogP contribution in [0, 0.1) is 0 Å². The van der Waals surface area contributed by atoms with E-state index in [-0.39, 0.29) is 11.7 Å². The van der Waals surface area contributed by atoms with E-state index < -0.39 is 5.41 Å². The lowest BCUT2D eigenvalue weighted by atomic mass is 9.79. The van der Waals surface area contributed by atoms with Crippen LogP contribution in [0.1, 0.15) is 42.1 Å². The number of anilines is 1. The number of hydrogen-bond acceptors (Lipinski definition) is 3. The summed E-state index contributed by atoms with van der Waals surface area (Å²) >= 11 is 0. The molecule has 4 nitrogen and oxygen atoms in total. The maximum Gasteiger partial charge on any atom is 0.237 e. The van der Waals surface area contributed by atoms with E-state index in [1.807, 2.05) is 38.2 Å². The fourth-order valence-corrected chi connectivity index (χ4v) is 3.59. The van der Waals surface area contributed by atoms with Gasteiger partial charge >= 0.3 is 0 Å². The summed E-state index contributed by atoms with van der Waals surface area (Å²) in [5.74, 6) is 0.934. The number of carbonyl (C=O) groups is 2. The lowest BCUT2D eigenvalue weighted by Gasteiger charge is -2.23. The first-order chi connectivity index (χ1) is 12.0. The highest BCUT2D eigenvalue weighted by Gasteiger charge is 2.45. The Hall–Kier alpha value is -2.62. The fraction of sp³-hybridized carbons (Fsp3) is 0.333. The van der Waals surface area contributed by atoms with Crippen LogP contribution in [-0.4, -0.2) is 25.8 Å². The second kappa shape index (κ2) is 6.71. The first kappa shape index (κ1) is 17.2. The molecule has 0 saturated carbocycles. The minimum absolute atomic E-state index is 0.0957. The number of fused-ring (bicyclic) bond motifs is 1. The largest absolute Gasteiger partial charge is 0.497 e. The van der Waals surface area contributed by atoms with Crippen LogP contribution in [-0.2, 0) is 10.2 Å². The minimum atomic E-state index is -0.550. The fourth-order valence-electron chi connectivity index (χ4n) is 3.59. The van der Waals surface area contributed by atoms with Gasteiger partial charge in [0.2, 0.25) is 5.91 Å². The third-order valence-electron chi connectivity index (χ3n) is 5.13. The number of methoxy groups -OCH3 is 1. The Morgan fingerprint density at radius 3 is 2.48 bits per heavy atom. The summed E-state index contributed by atoms with van der Waals surface area (Å²) in [4.78, 5) is 26.8. The van der Waals surface area contributed by atoms with Gasteiger partial charge in [0.1, 0.15) is 5.75 Å². The minimum Gasteiger partial charge on any atom is -0.497 e. The molecule has 0 saturated heterocycles. The number of ketones is 1. The monoisotopic (exact) mass is 337 g/mol. The molecular formula is C21H23NO3. The summed E-state index contributed by atoms with van der Waals surface area (Å²) in [6.45, 7) is 1.98. The van der Waals surface area contributed by atoms with Crippen molar-refractivity contribution in [3.8, 4) is 5.75 Å². The molecule has 0 spiro atoms. The molecule has 0 fully saturated rings. The molecule has 2 aromatic rings. The molecule has 4 heteroatoms. The van der Waals surface area contributed by atoms with Gasteiger partial charge in [-0.15, -0.1) is 0 Å². The van der Waals surface area contributed by atoms with Gasteiger partial charge in [-0.1, -0.05) is 18.2 Å². The molecule has 3 rings (SSSR count). The number of rotatable bonds is 6. The predicted octanol–water partition coefficient (Wildman–Crippen LogP) is 3.98. The van der Waals surface area contributed by atoms with Crippen LogP contribution in [0.25, 0.3) is 0 Å². The predicted molar refractivity (Wildman–Crippen MR) is 98.4 cm³/mol. The molecule has 1 aliphatic rings. The van der Waals surface area contributed by atoms with Crippen LogP contribution in [0.15, 0.2) is 48.5 Å². The van der Waals surface area contributed by atoms with Gasteiger partial charge in [-0.2, -0.15) is 0 Å². The summed E-state index contributed by atoms with van der Waals surface area (Å²) < 4.78 is 5.11. The van der Waals surface area contributed by atoms with Crippen molar-refractivity contribution in [3.63, 3.8) is 0 Å². The van der Waals surface area contributed by atoms with Gasteiger partial charge in [-0.3, -0.25) is 9.59 Å². The third-order valence-corrected chi connectivity index (χ3v) is 5.13. The summed E-state index contributed by atoms with van der Waals surface area (Å²) in [7, 11) is 3.42. The molecule has 1 aliphatic heterocycles. The number of benzene rings is 2. The Labute approximate surface area is 148 Å². The van der Waals surface area contributed by atoms with Crippen molar-refractivity contribution in [2.75, 3.05) is 19.1 Å². The van der Waals surface area contributed by atoms with Crippen LogP contribution in [0.4, 0.5) is 5.69 Å². The molecular weight excluding hydrogens is 314 g/mol. The quantitative estimate of drug-likeness (QED) is 0.749. The van der Waals surface area contributed by atoms with Crippen molar-refractivity contribution >= 4 is 17.4 Å². The van der Waals surface area contributed by atoms with E-state index in [9.17, 15) is 9.59 Å². The number of ether oxygens (including phenoxy) is 1. The molecule has 130 valence electrons. The van der Waals surface area contributed by atoms with Crippen LogP contribution in [0.3, 0.4) is 0 Å². The first-order valence-corrected chi connectivity index (χ1v) is 8.52. The Bertz CT molecular complexity index is 797. The average Bonchev–Trinajstić information content (AvgIpc) is 2.84. The van der Waals surface area contributed by atoms with E-state index in [1.54, 1.807) is 36.3 Å². The Morgan fingerprint density at radius 1 is 1.12 bits per heavy atom. The number of Topliss-reactive ketones (excluding diaryl/α,β-unsaturated/α-hetero) is 1.